The minimum absolute atomic E-state index is 0.179. The third-order valence-electron chi connectivity index (χ3n) is 4.66. The van der Waals surface area contributed by atoms with Crippen molar-refractivity contribution in [3.05, 3.63) is 99.9 Å². The molecule has 3 aromatic carbocycles. The highest BCUT2D eigenvalue weighted by molar-refractivity contribution is 6.35. The van der Waals surface area contributed by atoms with E-state index in [4.69, 9.17) is 28.3 Å². The Morgan fingerprint density at radius 2 is 1.84 bits per heavy atom. The zero-order chi connectivity index (χ0) is 22.0. The van der Waals surface area contributed by atoms with Gasteiger partial charge in [-0.2, -0.15) is 5.10 Å². The van der Waals surface area contributed by atoms with Crippen LogP contribution >= 0.6 is 23.2 Å². The van der Waals surface area contributed by atoms with Gasteiger partial charge in [0, 0.05) is 28.9 Å². The minimum Gasteiger partial charge on any atom is -0.478 e. The maximum absolute atomic E-state index is 13.8. The SMILES string of the molecule is O=C(O)c1ccc(-n2cc(CNc3cc(Cl)ccc3Cl)c(-c3cccc(F)c3)n2)cc1. The van der Waals surface area contributed by atoms with E-state index in [9.17, 15) is 9.18 Å². The van der Waals surface area contributed by atoms with Crippen LogP contribution in [-0.4, -0.2) is 20.9 Å². The van der Waals surface area contributed by atoms with Crippen LogP contribution < -0.4 is 5.32 Å². The molecule has 0 bridgehead atoms. The first kappa shape index (κ1) is 20.9. The molecule has 4 aromatic rings. The number of hydrogen-bond donors (Lipinski definition) is 2. The number of nitrogens with zero attached hydrogens (tertiary/aromatic N) is 2. The molecule has 5 nitrogen and oxygen atoms in total. The lowest BCUT2D eigenvalue weighted by molar-refractivity contribution is 0.0697. The second-order valence-corrected chi connectivity index (χ2v) is 7.63. The van der Waals surface area contributed by atoms with E-state index in [0.717, 1.165) is 5.56 Å². The Labute approximate surface area is 187 Å². The van der Waals surface area contributed by atoms with E-state index in [1.165, 1.54) is 24.3 Å². The molecule has 1 heterocycles. The first-order valence-corrected chi connectivity index (χ1v) is 10.0. The molecule has 0 atom stereocenters. The van der Waals surface area contributed by atoms with Crippen LogP contribution in [0.25, 0.3) is 16.9 Å². The molecular weight excluding hydrogens is 440 g/mol. The number of anilines is 1. The van der Waals surface area contributed by atoms with Gasteiger partial charge in [0.25, 0.3) is 0 Å². The van der Waals surface area contributed by atoms with Crippen LogP contribution in [-0.2, 0) is 6.54 Å². The van der Waals surface area contributed by atoms with Gasteiger partial charge in [-0.3, -0.25) is 0 Å². The Morgan fingerprint density at radius 3 is 2.55 bits per heavy atom. The smallest absolute Gasteiger partial charge is 0.335 e. The second kappa shape index (κ2) is 8.79. The van der Waals surface area contributed by atoms with Crippen LogP contribution in [0.2, 0.25) is 10.0 Å². The Balaban J connectivity index is 1.71. The molecule has 0 aliphatic carbocycles. The van der Waals surface area contributed by atoms with Crippen LogP contribution in [0.4, 0.5) is 10.1 Å². The molecule has 0 fully saturated rings. The molecule has 4 rings (SSSR count). The molecule has 0 amide bonds. The molecule has 31 heavy (non-hydrogen) atoms. The number of carbonyl (C=O) groups is 1. The summed E-state index contributed by atoms with van der Waals surface area (Å²) in [4.78, 5) is 11.1. The monoisotopic (exact) mass is 455 g/mol. The van der Waals surface area contributed by atoms with E-state index >= 15 is 0 Å². The molecule has 2 N–H and O–H groups in total. The lowest BCUT2D eigenvalue weighted by atomic mass is 10.1. The van der Waals surface area contributed by atoms with Crippen molar-refractivity contribution in [1.82, 2.24) is 9.78 Å². The lowest BCUT2D eigenvalue weighted by Crippen LogP contribution is -2.00. The average Bonchev–Trinajstić information content (AvgIpc) is 3.19. The van der Waals surface area contributed by atoms with Gasteiger partial charge in [-0.1, -0.05) is 35.3 Å². The minimum atomic E-state index is -1.00. The Kier molecular flexibility index (Phi) is 5.93. The molecule has 1 aromatic heterocycles. The van der Waals surface area contributed by atoms with E-state index in [2.05, 4.69) is 10.4 Å². The Morgan fingerprint density at radius 1 is 1.06 bits per heavy atom. The number of hydrogen-bond acceptors (Lipinski definition) is 3. The summed E-state index contributed by atoms with van der Waals surface area (Å²) in [6.07, 6.45) is 1.81. The molecular formula is C23H16Cl2FN3O2. The van der Waals surface area contributed by atoms with Crippen molar-refractivity contribution in [1.29, 1.82) is 0 Å². The predicted molar refractivity (Wildman–Crippen MR) is 120 cm³/mol. The Bertz CT molecular complexity index is 1260. The van der Waals surface area contributed by atoms with Crippen molar-refractivity contribution in [2.45, 2.75) is 6.54 Å². The summed E-state index contributed by atoms with van der Waals surface area (Å²) in [6, 6.07) is 17.6. The van der Waals surface area contributed by atoms with Crippen molar-refractivity contribution in [3.63, 3.8) is 0 Å². The van der Waals surface area contributed by atoms with Gasteiger partial charge in [0.2, 0.25) is 0 Å². The number of carboxylic acid groups (broad SMARTS) is 1. The second-order valence-electron chi connectivity index (χ2n) is 6.79. The molecule has 0 radical (unpaired) electrons. The van der Waals surface area contributed by atoms with Gasteiger partial charge < -0.3 is 10.4 Å². The van der Waals surface area contributed by atoms with Crippen molar-refractivity contribution in [2.24, 2.45) is 0 Å². The number of nitrogens with one attached hydrogen (secondary N) is 1. The van der Waals surface area contributed by atoms with Gasteiger partial charge >= 0.3 is 5.97 Å². The molecule has 0 spiro atoms. The maximum atomic E-state index is 13.8. The van der Waals surface area contributed by atoms with Gasteiger partial charge in [-0.25, -0.2) is 13.9 Å². The number of halogens is 3. The molecule has 0 unspecified atom stereocenters. The quantitative estimate of drug-likeness (QED) is 0.358. The van der Waals surface area contributed by atoms with Crippen LogP contribution in [0, 0.1) is 5.82 Å². The molecule has 0 saturated carbocycles. The molecule has 0 aliphatic rings. The van der Waals surface area contributed by atoms with Crippen LogP contribution in [0.5, 0.6) is 0 Å². The van der Waals surface area contributed by atoms with E-state index < -0.39 is 5.97 Å². The molecule has 0 aliphatic heterocycles. The van der Waals surface area contributed by atoms with E-state index in [0.29, 0.717) is 39.2 Å². The molecule has 0 saturated heterocycles. The van der Waals surface area contributed by atoms with Crippen molar-refractivity contribution in [2.75, 3.05) is 5.32 Å². The first-order valence-electron chi connectivity index (χ1n) is 9.28. The summed E-state index contributed by atoms with van der Waals surface area (Å²) in [5, 5.41) is 18.0. The molecule has 8 heteroatoms. The number of benzene rings is 3. The van der Waals surface area contributed by atoms with Gasteiger partial charge in [0.05, 0.1) is 27.7 Å². The zero-order valence-corrected chi connectivity index (χ0v) is 17.5. The molecule has 156 valence electrons. The van der Waals surface area contributed by atoms with E-state index in [1.54, 1.807) is 47.1 Å². The van der Waals surface area contributed by atoms with Gasteiger partial charge in [0.15, 0.2) is 0 Å². The lowest BCUT2D eigenvalue weighted by Gasteiger charge is -2.09. The fourth-order valence-electron chi connectivity index (χ4n) is 3.13. The topological polar surface area (TPSA) is 67.2 Å². The normalized spacial score (nSPS) is 10.8. The fraction of sp³-hybridized carbons (Fsp3) is 0.0435. The highest BCUT2D eigenvalue weighted by atomic mass is 35.5. The number of aromatic nitrogens is 2. The summed E-state index contributed by atoms with van der Waals surface area (Å²) < 4.78 is 15.5. The maximum Gasteiger partial charge on any atom is 0.335 e. The van der Waals surface area contributed by atoms with Gasteiger partial charge in [-0.15, -0.1) is 0 Å². The summed E-state index contributed by atoms with van der Waals surface area (Å²) >= 11 is 12.3. The van der Waals surface area contributed by atoms with Crippen molar-refractivity contribution in [3.8, 4) is 16.9 Å². The average molecular weight is 456 g/mol. The summed E-state index contributed by atoms with van der Waals surface area (Å²) in [6.45, 7) is 0.360. The number of carboxylic acids is 1. The largest absolute Gasteiger partial charge is 0.478 e. The summed E-state index contributed by atoms with van der Waals surface area (Å²) in [7, 11) is 0. The number of rotatable bonds is 6. The highest BCUT2D eigenvalue weighted by Crippen LogP contribution is 2.29. The Hall–Kier alpha value is -3.35. The number of aromatic carboxylic acids is 1. The van der Waals surface area contributed by atoms with Crippen molar-refractivity contribution >= 4 is 34.9 Å². The van der Waals surface area contributed by atoms with Gasteiger partial charge in [-0.05, 0) is 54.6 Å². The van der Waals surface area contributed by atoms with Crippen LogP contribution in [0.15, 0.2) is 72.9 Å². The standard InChI is InChI=1S/C23H16Cl2FN3O2/c24-17-6-9-20(25)21(11-17)27-12-16-13-29(19-7-4-14(5-8-19)23(30)31)28-22(16)15-2-1-3-18(26)10-15/h1-11,13,27H,12H2,(H,30,31). The van der Waals surface area contributed by atoms with E-state index in [-0.39, 0.29) is 11.4 Å². The third kappa shape index (κ3) is 4.71. The zero-order valence-electron chi connectivity index (χ0n) is 16.0. The van der Waals surface area contributed by atoms with E-state index in [1.807, 2.05) is 6.20 Å². The first-order chi connectivity index (χ1) is 14.9. The highest BCUT2D eigenvalue weighted by Gasteiger charge is 2.14. The summed E-state index contributed by atoms with van der Waals surface area (Å²) in [5.41, 5.74) is 3.53. The van der Waals surface area contributed by atoms with Crippen molar-refractivity contribution < 1.29 is 14.3 Å². The fourth-order valence-corrected chi connectivity index (χ4v) is 3.49. The van der Waals surface area contributed by atoms with Crippen LogP contribution in [0.3, 0.4) is 0 Å². The third-order valence-corrected chi connectivity index (χ3v) is 5.23. The summed E-state index contributed by atoms with van der Waals surface area (Å²) in [5.74, 6) is -1.37. The van der Waals surface area contributed by atoms with Crippen LogP contribution in [0.1, 0.15) is 15.9 Å². The van der Waals surface area contributed by atoms with Gasteiger partial charge in [0.1, 0.15) is 5.82 Å². The predicted octanol–water partition coefficient (Wildman–Crippen LogP) is 6.30.